The van der Waals surface area contributed by atoms with Crippen LogP contribution in [0, 0.1) is 0 Å². The second kappa shape index (κ2) is 4.14. The molecule has 0 radical (unpaired) electrons. The maximum absolute atomic E-state index is 11.3. The first-order valence-electron chi connectivity index (χ1n) is 4.68. The molecule has 0 N–H and O–H groups in total. The van der Waals surface area contributed by atoms with Crippen molar-refractivity contribution in [2.24, 2.45) is 0 Å². The van der Waals surface area contributed by atoms with E-state index in [1.165, 1.54) is 28.9 Å². The third-order valence-corrected chi connectivity index (χ3v) is 4.55. The van der Waals surface area contributed by atoms with Gasteiger partial charge in [-0.2, -0.15) is 8.42 Å². The maximum Gasteiger partial charge on any atom is 0.312 e. The van der Waals surface area contributed by atoms with Crippen molar-refractivity contribution in [3.63, 3.8) is 0 Å². The van der Waals surface area contributed by atoms with Crippen LogP contribution in [-0.2, 0) is 19.1 Å². The highest BCUT2D eigenvalue weighted by Crippen LogP contribution is 2.36. The van der Waals surface area contributed by atoms with E-state index in [1.807, 2.05) is 0 Å². The summed E-state index contributed by atoms with van der Waals surface area (Å²) in [6, 6.07) is 0. The fourth-order valence-corrected chi connectivity index (χ4v) is 3.40. The molecule has 7 heteroatoms. The second-order valence-corrected chi connectivity index (χ2v) is 6.24. The Kier molecular flexibility index (Phi) is 2.98. The van der Waals surface area contributed by atoms with Crippen LogP contribution in [0.1, 0.15) is 6.42 Å². The summed E-state index contributed by atoms with van der Waals surface area (Å²) < 4.78 is 27.5. The minimum Gasteiger partial charge on any atom is -0.384 e. The molecular weight excluding hydrogens is 250 g/mol. The van der Waals surface area contributed by atoms with Crippen molar-refractivity contribution < 1.29 is 17.4 Å². The molecule has 5 nitrogen and oxygen atoms in total. The van der Waals surface area contributed by atoms with Gasteiger partial charge in [-0.1, -0.05) is 6.08 Å². The first kappa shape index (κ1) is 11.5. The molecular formula is C9H11NO4S2. The number of carbonyl (C=O) groups excluding carboxylic acids is 1. The quantitative estimate of drug-likeness (QED) is 0.423. The molecule has 1 fully saturated rings. The van der Waals surface area contributed by atoms with Gasteiger partial charge in [0.2, 0.25) is 5.91 Å². The average Bonchev–Trinajstić information content (AvgIpc) is 2.18. The predicted octanol–water partition coefficient (Wildman–Crippen LogP) is 0.665. The van der Waals surface area contributed by atoms with Gasteiger partial charge in [0.05, 0.1) is 17.5 Å². The zero-order chi connectivity index (χ0) is 11.8. The summed E-state index contributed by atoms with van der Waals surface area (Å²) in [6.45, 7) is 3.34. The molecule has 2 rings (SSSR count). The molecule has 0 aromatic rings. The SMILES string of the molecule is C=CCS(=O)(=O)OC1=CN2C(=O)C[C@H]2SC1. The van der Waals surface area contributed by atoms with Crippen LogP contribution in [-0.4, -0.2) is 36.1 Å². The standard InChI is InChI=1S/C9H11NO4S2/c1-2-3-16(12,13)14-7-5-10-8(11)4-9(10)15-6-7/h2,5,9H,1,3-4,6H2/t9-/m1/s1. The third-order valence-electron chi connectivity index (χ3n) is 2.20. The van der Waals surface area contributed by atoms with Crippen LogP contribution < -0.4 is 0 Å². The van der Waals surface area contributed by atoms with Crippen LogP contribution in [0.15, 0.2) is 24.6 Å². The summed E-state index contributed by atoms with van der Waals surface area (Å²) in [7, 11) is -3.60. The van der Waals surface area contributed by atoms with Gasteiger partial charge in [0, 0.05) is 6.20 Å². The van der Waals surface area contributed by atoms with Gasteiger partial charge < -0.3 is 9.08 Å². The summed E-state index contributed by atoms with van der Waals surface area (Å²) in [5, 5.41) is 0.155. The van der Waals surface area contributed by atoms with E-state index in [0.29, 0.717) is 17.9 Å². The first-order chi connectivity index (χ1) is 7.52. The Labute approximate surface area is 98.3 Å². The molecule has 0 aromatic heterocycles. The summed E-state index contributed by atoms with van der Waals surface area (Å²) in [5.74, 6) is 0.549. The lowest BCUT2D eigenvalue weighted by Crippen LogP contribution is -2.49. The Bertz CT molecular complexity index is 454. The number of nitrogens with zero attached hydrogens (tertiary/aromatic N) is 1. The van der Waals surface area contributed by atoms with Crippen molar-refractivity contribution in [3.8, 4) is 0 Å². The number of thioether (sulfide) groups is 1. The van der Waals surface area contributed by atoms with E-state index >= 15 is 0 Å². The lowest BCUT2D eigenvalue weighted by atomic mass is 10.2. The number of hydrogen-bond acceptors (Lipinski definition) is 5. The Morgan fingerprint density at radius 3 is 3.06 bits per heavy atom. The summed E-state index contributed by atoms with van der Waals surface area (Å²) in [6.07, 6.45) is 3.27. The van der Waals surface area contributed by atoms with Gasteiger partial charge in [-0.25, -0.2) is 0 Å². The van der Waals surface area contributed by atoms with E-state index in [9.17, 15) is 13.2 Å². The molecule has 2 aliphatic heterocycles. The van der Waals surface area contributed by atoms with E-state index < -0.39 is 10.1 Å². The van der Waals surface area contributed by atoms with Gasteiger partial charge in [0.1, 0.15) is 11.5 Å². The molecule has 0 unspecified atom stereocenters. The molecule has 88 valence electrons. The van der Waals surface area contributed by atoms with Crippen molar-refractivity contribution in [2.75, 3.05) is 11.5 Å². The van der Waals surface area contributed by atoms with E-state index in [0.717, 1.165) is 0 Å². The number of β-lactam (4-membered cyclic amide) rings is 1. The zero-order valence-electron chi connectivity index (χ0n) is 8.46. The summed E-state index contributed by atoms with van der Waals surface area (Å²) >= 11 is 1.51. The van der Waals surface area contributed by atoms with E-state index in [4.69, 9.17) is 4.18 Å². The lowest BCUT2D eigenvalue weighted by Gasteiger charge is -2.40. The average molecular weight is 261 g/mol. The maximum atomic E-state index is 11.3. The van der Waals surface area contributed by atoms with Crippen LogP contribution in [0.2, 0.25) is 0 Å². The zero-order valence-corrected chi connectivity index (χ0v) is 10.1. The van der Waals surface area contributed by atoms with Crippen LogP contribution >= 0.6 is 11.8 Å². The highest BCUT2D eigenvalue weighted by molar-refractivity contribution is 8.00. The van der Waals surface area contributed by atoms with Gasteiger partial charge in [0.25, 0.3) is 0 Å². The molecule has 1 atom stereocenters. The number of hydrogen-bond donors (Lipinski definition) is 0. The summed E-state index contributed by atoms with van der Waals surface area (Å²) in [4.78, 5) is 12.7. The Morgan fingerprint density at radius 2 is 2.44 bits per heavy atom. The van der Waals surface area contributed by atoms with Crippen molar-refractivity contribution in [1.29, 1.82) is 0 Å². The molecule has 1 amide bonds. The van der Waals surface area contributed by atoms with E-state index in [-0.39, 0.29) is 17.0 Å². The Morgan fingerprint density at radius 1 is 1.69 bits per heavy atom. The molecule has 16 heavy (non-hydrogen) atoms. The minimum absolute atomic E-state index is 0.000538. The van der Waals surface area contributed by atoms with Gasteiger partial charge >= 0.3 is 10.1 Å². The normalized spacial score (nSPS) is 24.2. The highest BCUT2D eigenvalue weighted by Gasteiger charge is 2.38. The fraction of sp³-hybridized carbons (Fsp3) is 0.444. The molecule has 1 saturated heterocycles. The molecule has 0 aromatic carbocycles. The molecule has 2 heterocycles. The fourth-order valence-electron chi connectivity index (χ4n) is 1.45. The van der Waals surface area contributed by atoms with Gasteiger partial charge in [-0.15, -0.1) is 18.3 Å². The minimum atomic E-state index is -3.60. The third kappa shape index (κ3) is 2.25. The number of fused-ring (bicyclic) bond motifs is 1. The van der Waals surface area contributed by atoms with E-state index in [2.05, 4.69) is 6.58 Å². The van der Waals surface area contributed by atoms with Crippen molar-refractivity contribution >= 4 is 27.8 Å². The first-order valence-corrected chi connectivity index (χ1v) is 7.31. The van der Waals surface area contributed by atoms with Gasteiger partial charge in [-0.3, -0.25) is 4.79 Å². The van der Waals surface area contributed by atoms with Crippen molar-refractivity contribution in [3.05, 3.63) is 24.6 Å². The molecule has 0 bridgehead atoms. The van der Waals surface area contributed by atoms with Crippen LogP contribution in [0.25, 0.3) is 0 Å². The predicted molar refractivity (Wildman–Crippen MR) is 60.9 cm³/mol. The highest BCUT2D eigenvalue weighted by atomic mass is 32.2. The smallest absolute Gasteiger partial charge is 0.312 e. The van der Waals surface area contributed by atoms with Gasteiger partial charge in [-0.05, 0) is 0 Å². The number of rotatable bonds is 4. The van der Waals surface area contributed by atoms with Gasteiger partial charge in [0.15, 0.2) is 0 Å². The molecule has 0 spiro atoms. The van der Waals surface area contributed by atoms with Crippen molar-refractivity contribution in [1.82, 2.24) is 4.90 Å². The molecule has 0 aliphatic carbocycles. The Balaban J connectivity index is 2.06. The topological polar surface area (TPSA) is 63.7 Å². The molecule has 0 saturated carbocycles. The monoisotopic (exact) mass is 261 g/mol. The molecule has 2 aliphatic rings. The number of carbonyl (C=O) groups is 1. The lowest BCUT2D eigenvalue weighted by molar-refractivity contribution is -0.137. The van der Waals surface area contributed by atoms with E-state index in [1.54, 1.807) is 0 Å². The Hall–Kier alpha value is -0.950. The van der Waals surface area contributed by atoms with Crippen LogP contribution in [0.3, 0.4) is 0 Å². The van der Waals surface area contributed by atoms with Crippen LogP contribution in [0.4, 0.5) is 0 Å². The van der Waals surface area contributed by atoms with Crippen molar-refractivity contribution in [2.45, 2.75) is 11.8 Å². The number of amides is 1. The van der Waals surface area contributed by atoms with Crippen LogP contribution in [0.5, 0.6) is 0 Å². The largest absolute Gasteiger partial charge is 0.384 e. The second-order valence-electron chi connectivity index (χ2n) is 3.46. The summed E-state index contributed by atoms with van der Waals surface area (Å²) in [5.41, 5.74) is 0.